The van der Waals surface area contributed by atoms with E-state index in [1.165, 1.54) is 0 Å². The minimum atomic E-state index is -0.134. The number of likely N-dealkylation sites (N-methyl/N-ethyl adjacent to an activating group) is 1. The summed E-state index contributed by atoms with van der Waals surface area (Å²) in [5, 5.41) is 6.42. The lowest BCUT2D eigenvalue weighted by Gasteiger charge is -2.23. The Labute approximate surface area is 194 Å². The topological polar surface area (TPSA) is 64.7 Å². The first-order chi connectivity index (χ1) is 15.9. The summed E-state index contributed by atoms with van der Waals surface area (Å²) in [4.78, 5) is 28.9. The van der Waals surface area contributed by atoms with Crippen LogP contribution in [0.3, 0.4) is 0 Å². The first-order valence-corrected chi connectivity index (χ1v) is 10.9. The molecule has 6 heteroatoms. The van der Waals surface area contributed by atoms with E-state index in [0.29, 0.717) is 12.1 Å². The number of amides is 2. The first kappa shape index (κ1) is 22.3. The van der Waals surface area contributed by atoms with Gasteiger partial charge in [0.1, 0.15) is 0 Å². The molecular weight excluding hydrogens is 412 g/mol. The van der Waals surface area contributed by atoms with Crippen LogP contribution in [0.1, 0.15) is 18.1 Å². The molecule has 2 amide bonds. The molecule has 4 rings (SSSR count). The van der Waals surface area contributed by atoms with Crippen LogP contribution in [-0.2, 0) is 9.59 Å². The third-order valence-corrected chi connectivity index (χ3v) is 5.58. The van der Waals surface area contributed by atoms with Crippen LogP contribution in [0.25, 0.3) is 11.3 Å². The van der Waals surface area contributed by atoms with Gasteiger partial charge in [0.05, 0.1) is 11.3 Å². The fraction of sp³-hybridized carbons (Fsp3) is 0.185. The Morgan fingerprint density at radius 1 is 0.879 bits per heavy atom. The Hall–Kier alpha value is -3.90. The van der Waals surface area contributed by atoms with E-state index in [9.17, 15) is 9.59 Å². The SMILES string of the molecule is CC(=O)N(CCN(C)C)c1ccc(N/C(=C2\C(=O)Nc3ccccc32)c2ccccc2)cc1. The molecule has 0 radical (unpaired) electrons. The van der Waals surface area contributed by atoms with E-state index < -0.39 is 0 Å². The number of nitrogens with zero attached hydrogens (tertiary/aromatic N) is 2. The summed E-state index contributed by atoms with van der Waals surface area (Å²) < 4.78 is 0. The molecular formula is C27H28N4O2. The second kappa shape index (κ2) is 9.71. The van der Waals surface area contributed by atoms with Crippen molar-refractivity contribution in [1.82, 2.24) is 4.90 Å². The van der Waals surface area contributed by atoms with Gasteiger partial charge < -0.3 is 20.4 Å². The van der Waals surface area contributed by atoms with Crippen molar-refractivity contribution in [3.8, 4) is 0 Å². The predicted molar refractivity (Wildman–Crippen MR) is 135 cm³/mol. The quantitative estimate of drug-likeness (QED) is 0.530. The molecule has 0 aromatic heterocycles. The molecule has 33 heavy (non-hydrogen) atoms. The lowest BCUT2D eigenvalue weighted by atomic mass is 10.00. The van der Waals surface area contributed by atoms with Gasteiger partial charge >= 0.3 is 0 Å². The van der Waals surface area contributed by atoms with Crippen LogP contribution in [0, 0.1) is 0 Å². The fourth-order valence-electron chi connectivity index (χ4n) is 3.89. The van der Waals surface area contributed by atoms with Gasteiger partial charge in [0.15, 0.2) is 0 Å². The molecule has 3 aromatic carbocycles. The Morgan fingerprint density at radius 3 is 2.21 bits per heavy atom. The molecule has 3 aromatic rings. The molecule has 0 atom stereocenters. The van der Waals surface area contributed by atoms with Crippen molar-refractivity contribution in [1.29, 1.82) is 0 Å². The minimum absolute atomic E-state index is 0.00360. The predicted octanol–water partition coefficient (Wildman–Crippen LogP) is 4.53. The van der Waals surface area contributed by atoms with Gasteiger partial charge in [0, 0.05) is 42.6 Å². The number of fused-ring (bicyclic) bond motifs is 1. The third kappa shape index (κ3) is 4.96. The van der Waals surface area contributed by atoms with Gasteiger partial charge in [-0.15, -0.1) is 0 Å². The van der Waals surface area contributed by atoms with Gasteiger partial charge in [-0.25, -0.2) is 0 Å². The first-order valence-electron chi connectivity index (χ1n) is 10.9. The van der Waals surface area contributed by atoms with Crippen LogP contribution >= 0.6 is 0 Å². The lowest BCUT2D eigenvalue weighted by molar-refractivity contribution is -0.116. The van der Waals surface area contributed by atoms with E-state index in [1.54, 1.807) is 11.8 Å². The number of hydrogen-bond acceptors (Lipinski definition) is 4. The fourth-order valence-corrected chi connectivity index (χ4v) is 3.89. The molecule has 1 aliphatic heterocycles. The molecule has 0 aliphatic carbocycles. The van der Waals surface area contributed by atoms with Gasteiger partial charge in [-0.2, -0.15) is 0 Å². The van der Waals surface area contributed by atoms with Crippen LogP contribution < -0.4 is 15.5 Å². The number of nitrogens with one attached hydrogen (secondary N) is 2. The van der Waals surface area contributed by atoms with Crippen LogP contribution in [0.4, 0.5) is 17.1 Å². The molecule has 0 spiro atoms. The van der Waals surface area contributed by atoms with E-state index in [4.69, 9.17) is 0 Å². The molecule has 1 heterocycles. The number of carbonyl (C=O) groups is 2. The molecule has 0 saturated carbocycles. The average molecular weight is 441 g/mol. The number of carbonyl (C=O) groups excluding carboxylic acids is 2. The maximum atomic E-state index is 12.9. The Kier molecular flexibility index (Phi) is 6.56. The second-order valence-electron chi connectivity index (χ2n) is 8.26. The van der Waals surface area contributed by atoms with Crippen molar-refractivity contribution in [2.24, 2.45) is 0 Å². The van der Waals surface area contributed by atoms with E-state index in [1.807, 2.05) is 93.0 Å². The zero-order valence-corrected chi connectivity index (χ0v) is 19.1. The normalized spacial score (nSPS) is 14.0. The third-order valence-electron chi connectivity index (χ3n) is 5.58. The van der Waals surface area contributed by atoms with E-state index in [-0.39, 0.29) is 11.8 Å². The van der Waals surface area contributed by atoms with Crippen molar-refractivity contribution in [2.75, 3.05) is 42.7 Å². The van der Waals surface area contributed by atoms with Crippen LogP contribution in [-0.4, -0.2) is 43.9 Å². The Morgan fingerprint density at radius 2 is 1.55 bits per heavy atom. The minimum Gasteiger partial charge on any atom is -0.354 e. The van der Waals surface area contributed by atoms with Crippen molar-refractivity contribution >= 4 is 40.1 Å². The van der Waals surface area contributed by atoms with Gasteiger partial charge in [-0.1, -0.05) is 48.5 Å². The van der Waals surface area contributed by atoms with Gasteiger partial charge in [-0.3, -0.25) is 9.59 Å². The second-order valence-corrected chi connectivity index (χ2v) is 8.26. The average Bonchev–Trinajstić information content (AvgIpc) is 3.14. The summed E-state index contributed by atoms with van der Waals surface area (Å²) in [6.45, 7) is 2.97. The summed E-state index contributed by atoms with van der Waals surface area (Å²) in [6, 6.07) is 25.2. The zero-order chi connectivity index (χ0) is 23.4. The molecule has 1 aliphatic rings. The van der Waals surface area contributed by atoms with Crippen molar-refractivity contribution < 1.29 is 9.59 Å². The van der Waals surface area contributed by atoms with E-state index >= 15 is 0 Å². The van der Waals surface area contributed by atoms with Gasteiger partial charge in [0.25, 0.3) is 5.91 Å². The van der Waals surface area contributed by atoms with E-state index in [2.05, 4.69) is 15.5 Å². The highest BCUT2D eigenvalue weighted by Gasteiger charge is 2.28. The molecule has 0 bridgehead atoms. The maximum absolute atomic E-state index is 12.9. The summed E-state index contributed by atoms with van der Waals surface area (Å²) in [5.74, 6) is -0.130. The number of para-hydroxylation sites is 1. The standard InChI is InChI=1S/C27H28N4O2/c1-19(32)31(18-17-30(2)3)22-15-13-21(14-16-22)28-26(20-9-5-4-6-10-20)25-23-11-7-8-12-24(23)29-27(25)33/h4-16,28H,17-18H2,1-3H3,(H,29,33)/b26-25-. The number of benzene rings is 3. The molecule has 0 saturated heterocycles. The van der Waals surface area contributed by atoms with Gasteiger partial charge in [-0.05, 0) is 50.0 Å². The summed E-state index contributed by atoms with van der Waals surface area (Å²) in [7, 11) is 3.97. The number of hydrogen-bond donors (Lipinski definition) is 2. The molecule has 0 fully saturated rings. The van der Waals surface area contributed by atoms with E-state index in [0.717, 1.165) is 40.4 Å². The molecule has 2 N–H and O–H groups in total. The highest BCUT2D eigenvalue weighted by molar-refractivity contribution is 6.37. The number of anilines is 3. The Bertz CT molecular complexity index is 1180. The molecule has 6 nitrogen and oxygen atoms in total. The highest BCUT2D eigenvalue weighted by Crippen LogP contribution is 2.37. The molecule has 0 unspecified atom stereocenters. The lowest BCUT2D eigenvalue weighted by Crippen LogP contribution is -2.35. The Balaban J connectivity index is 1.69. The van der Waals surface area contributed by atoms with Crippen LogP contribution in [0.15, 0.2) is 78.9 Å². The zero-order valence-electron chi connectivity index (χ0n) is 19.1. The maximum Gasteiger partial charge on any atom is 0.258 e. The summed E-state index contributed by atoms with van der Waals surface area (Å²) in [5.41, 5.74) is 5.61. The van der Waals surface area contributed by atoms with Gasteiger partial charge in [0.2, 0.25) is 5.91 Å². The highest BCUT2D eigenvalue weighted by atomic mass is 16.2. The van der Waals surface area contributed by atoms with Crippen molar-refractivity contribution in [2.45, 2.75) is 6.92 Å². The number of rotatable bonds is 7. The summed E-state index contributed by atoms with van der Waals surface area (Å²) >= 11 is 0. The molecule has 168 valence electrons. The largest absolute Gasteiger partial charge is 0.354 e. The van der Waals surface area contributed by atoms with Crippen molar-refractivity contribution in [3.05, 3.63) is 90.0 Å². The summed E-state index contributed by atoms with van der Waals surface area (Å²) in [6.07, 6.45) is 0. The smallest absolute Gasteiger partial charge is 0.258 e. The van der Waals surface area contributed by atoms with Crippen LogP contribution in [0.5, 0.6) is 0 Å². The monoisotopic (exact) mass is 440 g/mol. The van der Waals surface area contributed by atoms with Crippen molar-refractivity contribution in [3.63, 3.8) is 0 Å². The van der Waals surface area contributed by atoms with Crippen LogP contribution in [0.2, 0.25) is 0 Å².